The molecule has 1 N–H and O–H groups in total. The van der Waals surface area contributed by atoms with E-state index in [0.29, 0.717) is 6.33 Å². The normalized spacial score (nSPS) is 11.1. The number of hydrogen-bond donors (Lipinski definition) is 1. The number of ether oxygens (including phenoxy) is 1. The summed E-state index contributed by atoms with van der Waals surface area (Å²) in [6.07, 6.45) is -2.05. The molecule has 0 fully saturated rings. The van der Waals surface area contributed by atoms with Gasteiger partial charge in [-0.3, -0.25) is 19.1 Å². The van der Waals surface area contributed by atoms with Gasteiger partial charge in [-0.05, 0) is 12.1 Å². The van der Waals surface area contributed by atoms with Gasteiger partial charge in [0.1, 0.15) is 11.8 Å². The SMILES string of the molecule is N#Cc1ccccc1Oc1c(C(F)(F)F)ncn(Cc2c[nH]c(=O)cn2)c1=O. The highest BCUT2D eigenvalue weighted by atomic mass is 19.4. The molecule has 0 radical (unpaired) electrons. The minimum atomic E-state index is -4.95. The monoisotopic (exact) mass is 389 g/mol. The van der Waals surface area contributed by atoms with Gasteiger partial charge in [0.15, 0.2) is 5.69 Å². The lowest BCUT2D eigenvalue weighted by Crippen LogP contribution is -2.27. The molecule has 0 spiro atoms. The second-order valence-corrected chi connectivity index (χ2v) is 5.47. The van der Waals surface area contributed by atoms with Crippen LogP contribution in [-0.2, 0) is 12.7 Å². The van der Waals surface area contributed by atoms with Crippen molar-refractivity contribution >= 4 is 0 Å². The number of aromatic nitrogens is 4. The molecule has 3 rings (SSSR count). The molecule has 3 aromatic rings. The van der Waals surface area contributed by atoms with Crippen molar-refractivity contribution in [1.29, 1.82) is 5.26 Å². The van der Waals surface area contributed by atoms with E-state index in [2.05, 4.69) is 15.0 Å². The predicted molar refractivity (Wildman–Crippen MR) is 88.7 cm³/mol. The van der Waals surface area contributed by atoms with Gasteiger partial charge in [0, 0.05) is 6.20 Å². The van der Waals surface area contributed by atoms with Crippen LogP contribution in [0.25, 0.3) is 0 Å². The molecule has 0 atom stereocenters. The number of benzene rings is 1. The summed E-state index contributed by atoms with van der Waals surface area (Å²) in [5, 5.41) is 9.08. The molecule has 0 unspecified atom stereocenters. The Hall–Kier alpha value is -3.94. The lowest BCUT2D eigenvalue weighted by atomic mass is 10.2. The molecule has 1 aromatic carbocycles. The van der Waals surface area contributed by atoms with Crippen molar-refractivity contribution in [3.63, 3.8) is 0 Å². The van der Waals surface area contributed by atoms with Gasteiger partial charge in [-0.2, -0.15) is 18.4 Å². The number of nitrogens with zero attached hydrogens (tertiary/aromatic N) is 4. The van der Waals surface area contributed by atoms with Crippen molar-refractivity contribution < 1.29 is 17.9 Å². The molecule has 2 heterocycles. The first-order valence-electron chi connectivity index (χ1n) is 7.67. The van der Waals surface area contributed by atoms with Crippen LogP contribution in [0, 0.1) is 11.3 Å². The number of para-hydroxylation sites is 1. The highest BCUT2D eigenvalue weighted by Gasteiger charge is 2.39. The fourth-order valence-electron chi connectivity index (χ4n) is 2.27. The van der Waals surface area contributed by atoms with Crippen molar-refractivity contribution in [1.82, 2.24) is 19.5 Å². The largest absolute Gasteiger partial charge is 0.448 e. The van der Waals surface area contributed by atoms with Gasteiger partial charge in [0.2, 0.25) is 5.75 Å². The van der Waals surface area contributed by atoms with Gasteiger partial charge >= 0.3 is 6.18 Å². The van der Waals surface area contributed by atoms with Crippen molar-refractivity contribution in [2.75, 3.05) is 0 Å². The maximum atomic E-state index is 13.3. The van der Waals surface area contributed by atoms with E-state index in [1.165, 1.54) is 30.5 Å². The van der Waals surface area contributed by atoms with Crippen LogP contribution in [0.15, 0.2) is 52.6 Å². The highest BCUT2D eigenvalue weighted by Crippen LogP contribution is 2.35. The van der Waals surface area contributed by atoms with Crippen LogP contribution >= 0.6 is 0 Å². The first kappa shape index (κ1) is 18.8. The number of halogens is 3. The van der Waals surface area contributed by atoms with Gasteiger partial charge in [0.25, 0.3) is 11.1 Å². The molecule has 28 heavy (non-hydrogen) atoms. The molecule has 2 aromatic heterocycles. The van der Waals surface area contributed by atoms with Crippen LogP contribution in [0.2, 0.25) is 0 Å². The third-order valence-electron chi connectivity index (χ3n) is 3.55. The smallest absolute Gasteiger partial charge is 0.437 e. The molecule has 0 aliphatic carbocycles. The van der Waals surface area contributed by atoms with E-state index >= 15 is 0 Å². The molecular weight excluding hydrogens is 379 g/mol. The van der Waals surface area contributed by atoms with Crippen LogP contribution in [-0.4, -0.2) is 19.5 Å². The molecule has 0 aliphatic heterocycles. The van der Waals surface area contributed by atoms with Crippen LogP contribution < -0.4 is 15.9 Å². The van der Waals surface area contributed by atoms with Crippen molar-refractivity contribution in [3.05, 3.63) is 80.6 Å². The average molecular weight is 389 g/mol. The van der Waals surface area contributed by atoms with Gasteiger partial charge < -0.3 is 9.72 Å². The van der Waals surface area contributed by atoms with Crippen LogP contribution in [0.4, 0.5) is 13.2 Å². The lowest BCUT2D eigenvalue weighted by Gasteiger charge is -2.14. The minimum Gasteiger partial charge on any atom is -0.448 e. The van der Waals surface area contributed by atoms with E-state index in [4.69, 9.17) is 10.00 Å². The lowest BCUT2D eigenvalue weighted by molar-refractivity contribution is -0.142. The fraction of sp³-hybridized carbons (Fsp3) is 0.118. The molecular formula is C17H10F3N5O3. The number of nitriles is 1. The molecule has 0 saturated carbocycles. The Balaban J connectivity index is 2.10. The zero-order valence-corrected chi connectivity index (χ0v) is 13.9. The van der Waals surface area contributed by atoms with E-state index in [1.807, 2.05) is 0 Å². The molecule has 11 heteroatoms. The summed E-state index contributed by atoms with van der Waals surface area (Å²) in [5.74, 6) is -1.28. The predicted octanol–water partition coefficient (Wildman–Crippen LogP) is 2.06. The summed E-state index contributed by atoms with van der Waals surface area (Å²) >= 11 is 0. The number of hydrogen-bond acceptors (Lipinski definition) is 6. The zero-order chi connectivity index (χ0) is 20.3. The maximum absolute atomic E-state index is 13.3. The van der Waals surface area contributed by atoms with E-state index < -0.39 is 28.7 Å². The second-order valence-electron chi connectivity index (χ2n) is 5.47. The molecule has 0 aliphatic rings. The van der Waals surface area contributed by atoms with E-state index in [-0.39, 0.29) is 23.6 Å². The third kappa shape index (κ3) is 3.90. The molecule has 0 amide bonds. The average Bonchev–Trinajstić information content (AvgIpc) is 2.66. The van der Waals surface area contributed by atoms with E-state index in [1.54, 1.807) is 6.07 Å². The third-order valence-corrected chi connectivity index (χ3v) is 3.55. The minimum absolute atomic E-state index is 0.0484. The van der Waals surface area contributed by atoms with Crippen LogP contribution in [0.1, 0.15) is 17.0 Å². The Bertz CT molecular complexity index is 1160. The number of alkyl halides is 3. The summed E-state index contributed by atoms with van der Waals surface area (Å²) in [4.78, 5) is 33.1. The summed E-state index contributed by atoms with van der Waals surface area (Å²) in [6, 6.07) is 7.32. The van der Waals surface area contributed by atoms with Crippen LogP contribution in [0.3, 0.4) is 0 Å². The first-order valence-corrected chi connectivity index (χ1v) is 7.67. The van der Waals surface area contributed by atoms with Gasteiger partial charge in [-0.15, -0.1) is 0 Å². The highest BCUT2D eigenvalue weighted by molar-refractivity contribution is 5.45. The Labute approximate surface area is 154 Å². The first-order chi connectivity index (χ1) is 13.3. The zero-order valence-electron chi connectivity index (χ0n) is 13.9. The molecule has 8 nitrogen and oxygen atoms in total. The standard InChI is InChI=1S/C17H10F3N5O3/c18-17(19,20)15-14(28-12-4-2-1-3-10(12)5-21)16(27)25(9-24-15)8-11-6-23-13(26)7-22-11/h1-4,6-7,9H,8H2,(H,23,26). The Kier molecular flexibility index (Phi) is 4.95. The Morgan fingerprint density at radius 2 is 1.96 bits per heavy atom. The number of H-pyrrole nitrogens is 1. The van der Waals surface area contributed by atoms with Gasteiger partial charge in [-0.25, -0.2) is 4.98 Å². The van der Waals surface area contributed by atoms with Crippen molar-refractivity contribution in [2.45, 2.75) is 12.7 Å². The Morgan fingerprint density at radius 1 is 1.21 bits per heavy atom. The number of nitrogens with one attached hydrogen (secondary N) is 1. The fourth-order valence-corrected chi connectivity index (χ4v) is 2.27. The molecule has 0 bridgehead atoms. The van der Waals surface area contributed by atoms with Crippen molar-refractivity contribution in [2.24, 2.45) is 0 Å². The van der Waals surface area contributed by atoms with Crippen LogP contribution in [0.5, 0.6) is 11.5 Å². The number of aromatic amines is 1. The summed E-state index contributed by atoms with van der Waals surface area (Å²) < 4.78 is 45.9. The second kappa shape index (κ2) is 7.36. The number of rotatable bonds is 4. The van der Waals surface area contributed by atoms with Crippen molar-refractivity contribution in [3.8, 4) is 17.6 Å². The summed E-state index contributed by atoms with van der Waals surface area (Å²) in [5.41, 5.74) is -2.95. The van der Waals surface area contributed by atoms with Gasteiger partial charge in [-0.1, -0.05) is 12.1 Å². The van der Waals surface area contributed by atoms with E-state index in [9.17, 15) is 22.8 Å². The van der Waals surface area contributed by atoms with E-state index in [0.717, 1.165) is 10.8 Å². The van der Waals surface area contributed by atoms with Gasteiger partial charge in [0.05, 0.1) is 30.3 Å². The Morgan fingerprint density at radius 3 is 2.61 bits per heavy atom. The topological polar surface area (TPSA) is 114 Å². The quantitative estimate of drug-likeness (QED) is 0.731. The molecule has 0 saturated heterocycles. The summed E-state index contributed by atoms with van der Waals surface area (Å²) in [6.45, 7) is -0.253. The molecule has 142 valence electrons. The maximum Gasteiger partial charge on any atom is 0.437 e. The summed E-state index contributed by atoms with van der Waals surface area (Å²) in [7, 11) is 0.